The van der Waals surface area contributed by atoms with Crippen molar-refractivity contribution < 1.29 is 20.5 Å². The van der Waals surface area contributed by atoms with Gasteiger partial charge in [0.05, 0.1) is 12.1 Å². The topological polar surface area (TPSA) is 78.4 Å². The molecule has 3 unspecified atom stereocenters. The van der Waals surface area contributed by atoms with E-state index in [2.05, 4.69) is 24.5 Å². The van der Waals surface area contributed by atoms with Crippen LogP contribution < -0.4 is 10.6 Å². The number of hydrogen-bond acceptors (Lipinski definition) is 4. The van der Waals surface area contributed by atoms with Gasteiger partial charge in [0.1, 0.15) is 11.9 Å². The third-order valence-corrected chi connectivity index (χ3v) is 7.37. The molecule has 0 saturated heterocycles. The molecule has 3 N–H and O–H groups in total. The van der Waals surface area contributed by atoms with E-state index in [1.54, 1.807) is 12.1 Å². The fourth-order valence-corrected chi connectivity index (χ4v) is 5.19. The second-order valence-corrected chi connectivity index (χ2v) is 9.90. The molecule has 2 rings (SSSR count). The molecule has 1 aromatic rings. The number of benzene rings is 1. The van der Waals surface area contributed by atoms with Crippen LogP contribution in [0.2, 0.25) is 0 Å². The van der Waals surface area contributed by atoms with Crippen molar-refractivity contribution in [2.75, 3.05) is 5.75 Å². The molecule has 1 fully saturated rings. The number of carbonyl (C=O) groups excluding carboxylic acids is 2. The molecule has 2 amide bonds. The summed E-state index contributed by atoms with van der Waals surface area (Å²) in [6, 6.07) is 4.66. The molecule has 172 valence electrons. The highest BCUT2D eigenvalue weighted by atomic mass is 32.2. The van der Waals surface area contributed by atoms with E-state index >= 15 is 0 Å². The van der Waals surface area contributed by atoms with Crippen LogP contribution >= 0.6 is 11.8 Å². The minimum Gasteiger partial charge on any atom is -0.391 e. The molecule has 8 heteroatoms. The van der Waals surface area contributed by atoms with E-state index in [0.717, 1.165) is 11.3 Å². The van der Waals surface area contributed by atoms with Gasteiger partial charge >= 0.3 is 0 Å². The molecule has 1 aliphatic carbocycles. The summed E-state index contributed by atoms with van der Waals surface area (Å²) in [7, 11) is 5.26. The monoisotopic (exact) mass is 450 g/mol. The molecule has 5 nitrogen and oxygen atoms in total. The maximum absolute atomic E-state index is 13.1. The van der Waals surface area contributed by atoms with Crippen molar-refractivity contribution in [1.29, 1.82) is 0 Å². The average molecular weight is 450 g/mol. The predicted molar refractivity (Wildman–Crippen MR) is 126 cm³/mol. The lowest BCUT2D eigenvalue weighted by Gasteiger charge is -2.36. The van der Waals surface area contributed by atoms with Crippen molar-refractivity contribution in [1.82, 2.24) is 10.6 Å². The average Bonchev–Trinajstić information content (AvgIpc) is 2.72. The van der Waals surface area contributed by atoms with E-state index < -0.39 is 24.0 Å². The Hall–Kier alpha value is -1.54. The Labute approximate surface area is 192 Å². The molecule has 6 atom stereocenters. The second-order valence-electron chi connectivity index (χ2n) is 8.81. The van der Waals surface area contributed by atoms with E-state index in [4.69, 9.17) is 7.85 Å². The molecule has 0 spiro atoms. The molecule has 31 heavy (non-hydrogen) atoms. The first kappa shape index (κ1) is 25.7. The molecule has 1 aliphatic rings. The van der Waals surface area contributed by atoms with Gasteiger partial charge in [-0.25, -0.2) is 4.39 Å². The van der Waals surface area contributed by atoms with Crippen LogP contribution in [0.1, 0.15) is 54.3 Å². The molecular weight excluding hydrogens is 414 g/mol. The number of nitrogens with one attached hydrogen (secondary N) is 2. The van der Waals surface area contributed by atoms with Crippen molar-refractivity contribution in [2.45, 2.75) is 76.0 Å². The lowest BCUT2D eigenvalue weighted by atomic mass is 9.73. The Bertz CT molecular complexity index is 728. The predicted octanol–water partition coefficient (Wildman–Crippen LogP) is 4.13. The van der Waals surface area contributed by atoms with Crippen molar-refractivity contribution in [3.8, 4) is 0 Å². The summed E-state index contributed by atoms with van der Waals surface area (Å²) < 4.78 is 13.1. The molecule has 0 bridgehead atoms. The van der Waals surface area contributed by atoms with Crippen LogP contribution in [-0.4, -0.2) is 48.6 Å². The number of aliphatic hydroxyl groups is 1. The van der Waals surface area contributed by atoms with Crippen LogP contribution in [0.15, 0.2) is 29.2 Å². The van der Waals surface area contributed by atoms with E-state index in [-0.39, 0.29) is 18.9 Å². The quantitative estimate of drug-likeness (QED) is 0.370. The molecule has 0 aromatic heterocycles. The van der Waals surface area contributed by atoms with Crippen molar-refractivity contribution in [2.24, 2.45) is 17.8 Å². The number of amides is 2. The zero-order valence-corrected chi connectivity index (χ0v) is 19.5. The van der Waals surface area contributed by atoms with Crippen LogP contribution in [0.5, 0.6) is 0 Å². The Kier molecular flexibility index (Phi) is 10.4. The normalized spacial score (nSPS) is 24.1. The van der Waals surface area contributed by atoms with Gasteiger partial charge < -0.3 is 15.7 Å². The van der Waals surface area contributed by atoms with Crippen LogP contribution in [0.25, 0.3) is 0 Å². The van der Waals surface area contributed by atoms with Crippen LogP contribution in [0, 0.1) is 23.6 Å². The Balaban J connectivity index is 0.00000512. The first-order valence-electron chi connectivity index (χ1n) is 11.1. The summed E-state index contributed by atoms with van der Waals surface area (Å²) in [5.41, 5.74) is 0. The zero-order chi connectivity index (χ0) is 23.0. The fourth-order valence-electron chi connectivity index (χ4n) is 4.27. The number of thioether (sulfide) groups is 1. The molecule has 0 heterocycles. The standard InChI is InChI=1S/C23H34BFN2O3S.H2/c1-4-19(21(28)12-16-11-14(2)5-6-15(16)3)26-22(29)20(27-23(24)30)13-31-18-9-7-17(25)8-10-18;/h7-10,14-16,19-21,28H,4-6,11-13H2,1-3H3,(H,26,29)(H,27,30);1H/t14?,15?,16?,19-,20+,21+;/m0./s1. The number of hydrogen-bond donors (Lipinski definition) is 3. The largest absolute Gasteiger partial charge is 0.391 e. The minimum atomic E-state index is -0.859. The fraction of sp³-hybridized carbons (Fsp3) is 0.652. The first-order valence-corrected chi connectivity index (χ1v) is 12.1. The van der Waals surface area contributed by atoms with Gasteiger partial charge in [0.15, 0.2) is 5.81 Å². The Morgan fingerprint density at radius 1 is 1.26 bits per heavy atom. The van der Waals surface area contributed by atoms with Gasteiger partial charge in [-0.2, -0.15) is 0 Å². The van der Waals surface area contributed by atoms with Gasteiger partial charge in [-0.3, -0.25) is 9.59 Å². The minimum absolute atomic E-state index is 0. The zero-order valence-electron chi connectivity index (χ0n) is 18.6. The Morgan fingerprint density at radius 2 is 1.94 bits per heavy atom. The van der Waals surface area contributed by atoms with Crippen LogP contribution in [0.4, 0.5) is 9.18 Å². The van der Waals surface area contributed by atoms with Gasteiger partial charge in [-0.15, -0.1) is 11.8 Å². The summed E-state index contributed by atoms with van der Waals surface area (Å²) in [5.74, 6) is 0.395. The smallest absolute Gasteiger partial charge is 0.243 e. The van der Waals surface area contributed by atoms with Gasteiger partial charge in [-0.1, -0.05) is 33.6 Å². The molecule has 1 saturated carbocycles. The SMILES string of the molecule is [B]C(=O)N[C@H](CSc1ccc(F)cc1)C(=O)N[C@@H](CC)[C@H](O)CC1CC(C)CCC1C.[HH]. The highest BCUT2D eigenvalue weighted by Gasteiger charge is 2.31. The summed E-state index contributed by atoms with van der Waals surface area (Å²) in [6.07, 6.45) is 4.09. The van der Waals surface area contributed by atoms with E-state index in [1.165, 1.54) is 36.7 Å². The second kappa shape index (κ2) is 12.5. The van der Waals surface area contributed by atoms with Crippen LogP contribution in [-0.2, 0) is 4.79 Å². The lowest BCUT2D eigenvalue weighted by Crippen LogP contribution is -2.53. The maximum atomic E-state index is 13.1. The lowest BCUT2D eigenvalue weighted by molar-refractivity contribution is -0.124. The van der Waals surface area contributed by atoms with E-state index in [9.17, 15) is 19.1 Å². The van der Waals surface area contributed by atoms with Crippen molar-refractivity contribution in [3.63, 3.8) is 0 Å². The summed E-state index contributed by atoms with van der Waals surface area (Å²) in [5, 5.41) is 16.2. The molecule has 1 aromatic carbocycles. The molecular formula is C23H36BFN2O3S. The van der Waals surface area contributed by atoms with E-state index in [1.807, 2.05) is 6.92 Å². The van der Waals surface area contributed by atoms with Crippen molar-refractivity contribution in [3.05, 3.63) is 30.1 Å². The Morgan fingerprint density at radius 3 is 2.55 bits per heavy atom. The number of halogens is 1. The first-order chi connectivity index (χ1) is 14.7. The van der Waals surface area contributed by atoms with Crippen LogP contribution in [0.3, 0.4) is 0 Å². The third-order valence-electron chi connectivity index (χ3n) is 6.26. The highest BCUT2D eigenvalue weighted by molar-refractivity contribution is 7.99. The number of rotatable bonds is 10. The summed E-state index contributed by atoms with van der Waals surface area (Å²) in [6.45, 7) is 6.41. The van der Waals surface area contributed by atoms with E-state index in [0.29, 0.717) is 30.6 Å². The van der Waals surface area contributed by atoms with Gasteiger partial charge in [0.25, 0.3) is 0 Å². The summed E-state index contributed by atoms with van der Waals surface area (Å²) >= 11 is 1.32. The maximum Gasteiger partial charge on any atom is 0.243 e. The highest BCUT2D eigenvalue weighted by Crippen LogP contribution is 2.36. The summed E-state index contributed by atoms with van der Waals surface area (Å²) in [4.78, 5) is 25.1. The van der Waals surface area contributed by atoms with Gasteiger partial charge in [0.2, 0.25) is 13.8 Å². The number of carbonyl (C=O) groups is 2. The third kappa shape index (κ3) is 8.49. The number of aliphatic hydroxyl groups excluding tert-OH is 1. The van der Waals surface area contributed by atoms with Crippen molar-refractivity contribution >= 4 is 31.3 Å². The molecule has 0 aliphatic heterocycles. The van der Waals surface area contributed by atoms with Gasteiger partial charge in [0, 0.05) is 12.1 Å². The molecule has 2 radical (unpaired) electrons. The van der Waals surface area contributed by atoms with Gasteiger partial charge in [-0.05, 0) is 61.3 Å².